The summed E-state index contributed by atoms with van der Waals surface area (Å²) in [5.41, 5.74) is 1.93. The first-order valence-corrected chi connectivity index (χ1v) is 8.86. The van der Waals surface area contributed by atoms with Gasteiger partial charge in [-0.15, -0.1) is 0 Å². The van der Waals surface area contributed by atoms with Gasteiger partial charge in [0.25, 0.3) is 5.69 Å². The lowest BCUT2D eigenvalue weighted by atomic mass is 9.99. The molecule has 136 valence electrons. The Bertz CT molecular complexity index is 770. The van der Waals surface area contributed by atoms with Crippen LogP contribution in [-0.2, 0) is 4.74 Å². The average Bonchev–Trinajstić information content (AvgIpc) is 2.94. The predicted molar refractivity (Wildman–Crippen MR) is 103 cm³/mol. The summed E-state index contributed by atoms with van der Waals surface area (Å²) in [7, 11) is 0. The molecule has 2 atom stereocenters. The maximum Gasteiger partial charge on any atom is 0.269 e. The van der Waals surface area contributed by atoms with Crippen LogP contribution in [0.3, 0.4) is 0 Å². The SMILES string of the molecule is CC1(C)N[C@H](CCC=Cc2ccc([N+](=O)[O-])cc2)[C@@H](c2ccccc2)O1. The van der Waals surface area contributed by atoms with Crippen LogP contribution in [0.4, 0.5) is 5.69 Å². The first-order chi connectivity index (χ1) is 12.4. The molecular weight excluding hydrogens is 328 g/mol. The fourth-order valence-corrected chi connectivity index (χ4v) is 3.32. The van der Waals surface area contributed by atoms with Crippen molar-refractivity contribution in [1.29, 1.82) is 0 Å². The molecule has 0 bridgehead atoms. The molecule has 1 N–H and O–H groups in total. The molecule has 0 aliphatic carbocycles. The highest BCUT2D eigenvalue weighted by atomic mass is 16.6. The lowest BCUT2D eigenvalue weighted by Crippen LogP contribution is -2.38. The van der Waals surface area contributed by atoms with Gasteiger partial charge in [0.2, 0.25) is 0 Å². The minimum atomic E-state index is -0.384. The molecule has 0 unspecified atom stereocenters. The summed E-state index contributed by atoms with van der Waals surface area (Å²) in [4.78, 5) is 10.3. The molecule has 0 saturated carbocycles. The third-order valence-electron chi connectivity index (χ3n) is 4.51. The standard InChI is InChI=1S/C21H24N2O3/c1-21(2)22-19(20(26-21)17-9-4-3-5-10-17)11-7-6-8-16-12-14-18(15-13-16)23(24)25/h3-6,8-10,12-15,19-20,22H,7,11H2,1-2H3/t19-,20-/m1/s1. The average molecular weight is 352 g/mol. The Labute approximate surface area is 153 Å². The first-order valence-electron chi connectivity index (χ1n) is 8.86. The van der Waals surface area contributed by atoms with Crippen molar-refractivity contribution >= 4 is 11.8 Å². The van der Waals surface area contributed by atoms with Crippen molar-refractivity contribution in [3.05, 3.63) is 81.9 Å². The summed E-state index contributed by atoms with van der Waals surface area (Å²) in [6.45, 7) is 4.10. The third kappa shape index (κ3) is 4.56. The molecule has 0 spiro atoms. The van der Waals surface area contributed by atoms with Crippen molar-refractivity contribution in [2.75, 3.05) is 0 Å². The predicted octanol–water partition coefficient (Wildman–Crippen LogP) is 4.85. The maximum atomic E-state index is 10.7. The number of hydrogen-bond donors (Lipinski definition) is 1. The number of hydrogen-bond acceptors (Lipinski definition) is 4. The van der Waals surface area contributed by atoms with E-state index in [1.165, 1.54) is 17.7 Å². The topological polar surface area (TPSA) is 64.4 Å². The second-order valence-corrected chi connectivity index (χ2v) is 7.04. The maximum absolute atomic E-state index is 10.7. The number of benzene rings is 2. The van der Waals surface area contributed by atoms with Crippen molar-refractivity contribution in [1.82, 2.24) is 5.32 Å². The monoisotopic (exact) mass is 352 g/mol. The molecule has 1 saturated heterocycles. The van der Waals surface area contributed by atoms with Crippen molar-refractivity contribution < 1.29 is 9.66 Å². The van der Waals surface area contributed by atoms with E-state index in [1.807, 2.05) is 24.3 Å². The van der Waals surface area contributed by atoms with Crippen LogP contribution in [0.15, 0.2) is 60.7 Å². The molecular formula is C21H24N2O3. The summed E-state index contributed by atoms with van der Waals surface area (Å²) in [5.74, 6) is 0. The minimum Gasteiger partial charge on any atom is -0.352 e. The Morgan fingerprint density at radius 2 is 1.85 bits per heavy atom. The molecule has 1 aliphatic rings. The molecule has 2 aromatic carbocycles. The van der Waals surface area contributed by atoms with Crippen LogP contribution < -0.4 is 5.32 Å². The normalized spacial score (nSPS) is 21.9. The molecule has 0 radical (unpaired) electrons. The van der Waals surface area contributed by atoms with Crippen LogP contribution in [0.5, 0.6) is 0 Å². The molecule has 2 aromatic rings. The summed E-state index contributed by atoms with van der Waals surface area (Å²) in [5, 5.41) is 14.3. The van der Waals surface area contributed by atoms with E-state index in [4.69, 9.17) is 4.74 Å². The molecule has 0 aromatic heterocycles. The lowest BCUT2D eigenvalue weighted by Gasteiger charge is -2.18. The molecule has 3 rings (SSSR count). The number of ether oxygens (including phenoxy) is 1. The summed E-state index contributed by atoms with van der Waals surface area (Å²) in [6.07, 6.45) is 6.00. The highest BCUT2D eigenvalue weighted by Gasteiger charge is 2.39. The van der Waals surface area contributed by atoms with Gasteiger partial charge in [0.1, 0.15) is 11.8 Å². The highest BCUT2D eigenvalue weighted by Crippen LogP contribution is 2.35. The van der Waals surface area contributed by atoms with Gasteiger partial charge in [-0.05, 0) is 49.9 Å². The van der Waals surface area contributed by atoms with Crippen LogP contribution >= 0.6 is 0 Å². The number of non-ortho nitro benzene ring substituents is 1. The van der Waals surface area contributed by atoms with E-state index < -0.39 is 0 Å². The van der Waals surface area contributed by atoms with Gasteiger partial charge in [-0.25, -0.2) is 0 Å². The molecule has 5 nitrogen and oxygen atoms in total. The van der Waals surface area contributed by atoms with E-state index in [9.17, 15) is 10.1 Å². The van der Waals surface area contributed by atoms with E-state index in [0.717, 1.165) is 18.4 Å². The number of nitrogens with zero attached hydrogens (tertiary/aromatic N) is 1. The molecule has 1 heterocycles. The van der Waals surface area contributed by atoms with Crippen molar-refractivity contribution in [3.63, 3.8) is 0 Å². The van der Waals surface area contributed by atoms with Crippen molar-refractivity contribution in [3.8, 4) is 0 Å². The lowest BCUT2D eigenvalue weighted by molar-refractivity contribution is -0.384. The molecule has 1 fully saturated rings. The number of allylic oxidation sites excluding steroid dienone is 1. The van der Waals surface area contributed by atoms with Crippen LogP contribution in [0.2, 0.25) is 0 Å². The quantitative estimate of drug-likeness (QED) is 0.596. The molecule has 0 amide bonds. The van der Waals surface area contributed by atoms with Crippen LogP contribution in [0, 0.1) is 10.1 Å². The van der Waals surface area contributed by atoms with Crippen molar-refractivity contribution in [2.24, 2.45) is 0 Å². The summed E-state index contributed by atoms with van der Waals surface area (Å²) in [6, 6.07) is 17.1. The van der Waals surface area contributed by atoms with E-state index >= 15 is 0 Å². The number of nitro benzene ring substituents is 1. The Morgan fingerprint density at radius 1 is 1.15 bits per heavy atom. The Kier molecular flexibility index (Phi) is 5.49. The van der Waals surface area contributed by atoms with Gasteiger partial charge in [-0.2, -0.15) is 0 Å². The third-order valence-corrected chi connectivity index (χ3v) is 4.51. The fourth-order valence-electron chi connectivity index (χ4n) is 3.32. The molecule has 26 heavy (non-hydrogen) atoms. The zero-order valence-corrected chi connectivity index (χ0v) is 15.1. The smallest absolute Gasteiger partial charge is 0.269 e. The Hall–Kier alpha value is -2.50. The van der Waals surface area contributed by atoms with Gasteiger partial charge in [0.05, 0.1) is 4.92 Å². The summed E-state index contributed by atoms with van der Waals surface area (Å²) < 4.78 is 6.20. The van der Waals surface area contributed by atoms with Gasteiger partial charge in [-0.1, -0.05) is 42.5 Å². The van der Waals surface area contributed by atoms with Crippen LogP contribution in [0.25, 0.3) is 6.08 Å². The van der Waals surface area contributed by atoms with E-state index in [-0.39, 0.29) is 28.5 Å². The van der Waals surface area contributed by atoms with E-state index in [2.05, 4.69) is 37.4 Å². The van der Waals surface area contributed by atoms with Crippen LogP contribution in [0.1, 0.15) is 43.9 Å². The second-order valence-electron chi connectivity index (χ2n) is 7.04. The zero-order valence-electron chi connectivity index (χ0n) is 15.1. The minimum absolute atomic E-state index is 0.0407. The largest absolute Gasteiger partial charge is 0.352 e. The summed E-state index contributed by atoms with van der Waals surface area (Å²) >= 11 is 0. The molecule has 1 aliphatic heterocycles. The number of rotatable bonds is 6. The molecule has 5 heteroatoms. The number of nitrogens with one attached hydrogen (secondary N) is 1. The first kappa shape index (κ1) is 18.3. The number of nitro groups is 1. The van der Waals surface area contributed by atoms with E-state index in [1.54, 1.807) is 12.1 Å². The van der Waals surface area contributed by atoms with Gasteiger partial charge < -0.3 is 4.74 Å². The van der Waals surface area contributed by atoms with Gasteiger partial charge >= 0.3 is 0 Å². The van der Waals surface area contributed by atoms with Gasteiger partial charge in [0, 0.05) is 18.2 Å². The van der Waals surface area contributed by atoms with Crippen LogP contribution in [-0.4, -0.2) is 16.7 Å². The van der Waals surface area contributed by atoms with Gasteiger partial charge in [0.15, 0.2) is 0 Å². The van der Waals surface area contributed by atoms with Gasteiger partial charge in [-0.3, -0.25) is 15.4 Å². The van der Waals surface area contributed by atoms with Crippen molar-refractivity contribution in [2.45, 2.75) is 44.6 Å². The van der Waals surface area contributed by atoms with E-state index in [0.29, 0.717) is 0 Å². The highest BCUT2D eigenvalue weighted by molar-refractivity contribution is 5.51. The fraction of sp³-hybridized carbons (Fsp3) is 0.333. The second kappa shape index (κ2) is 7.81. The Morgan fingerprint density at radius 3 is 2.50 bits per heavy atom. The zero-order chi connectivity index (χ0) is 18.6. The Balaban J connectivity index is 1.59.